The third-order valence-electron chi connectivity index (χ3n) is 6.25. The Balaban J connectivity index is 1.26. The Hall–Kier alpha value is -4.59. The number of carbonyl (C=O) groups is 1. The van der Waals surface area contributed by atoms with Crippen molar-refractivity contribution in [3.05, 3.63) is 90.3 Å². The van der Waals surface area contributed by atoms with E-state index in [1.54, 1.807) is 35.4 Å². The second-order valence-corrected chi connectivity index (χ2v) is 10.5. The number of hydrogen-bond acceptors (Lipinski definition) is 7. The summed E-state index contributed by atoms with van der Waals surface area (Å²) in [6.07, 6.45) is -8.21. The van der Waals surface area contributed by atoms with Crippen molar-refractivity contribution in [3.8, 4) is 22.8 Å². The molecule has 0 saturated carbocycles. The lowest BCUT2D eigenvalue weighted by atomic mass is 10.0. The van der Waals surface area contributed by atoms with Crippen LogP contribution in [0.5, 0.6) is 5.75 Å². The maximum atomic E-state index is 13.1. The van der Waals surface area contributed by atoms with Gasteiger partial charge in [-0.3, -0.25) is 9.69 Å². The first-order chi connectivity index (χ1) is 20.4. The Morgan fingerprint density at radius 2 is 1.67 bits per heavy atom. The van der Waals surface area contributed by atoms with Gasteiger partial charge in [0.1, 0.15) is 12.1 Å². The Labute approximate surface area is 246 Å². The van der Waals surface area contributed by atoms with E-state index in [1.807, 2.05) is 24.3 Å². The van der Waals surface area contributed by atoms with Crippen LogP contribution >= 0.6 is 11.8 Å². The minimum atomic E-state index is -5.83. The number of ether oxygens (including phenoxy) is 1. The zero-order chi connectivity index (χ0) is 30.8. The summed E-state index contributed by atoms with van der Waals surface area (Å²) in [6.45, 7) is 4.13. The van der Waals surface area contributed by atoms with Gasteiger partial charge in [0.05, 0.1) is 23.3 Å². The molecule has 3 aromatic carbocycles. The summed E-state index contributed by atoms with van der Waals surface area (Å²) in [5.41, 5.74) is 3.61. The van der Waals surface area contributed by atoms with Gasteiger partial charge in [-0.15, -0.1) is 10.2 Å². The van der Waals surface area contributed by atoms with Crippen LogP contribution in [0.1, 0.15) is 30.9 Å². The molecule has 0 unspecified atom stereocenters. The lowest BCUT2D eigenvalue weighted by Gasteiger charge is -2.20. The third kappa shape index (κ3) is 6.58. The SMILES string of the molecule is CC(C)c1ccccc1N1C(=O)CS/C1=N\N=C\c1ccc(-c2ncn(-c3ccc(OC(F)(F)C(F)(F)F)cc3)n2)cc1. The van der Waals surface area contributed by atoms with E-state index in [2.05, 4.69) is 38.9 Å². The summed E-state index contributed by atoms with van der Waals surface area (Å²) in [5, 5.41) is 13.3. The van der Waals surface area contributed by atoms with Crippen molar-refractivity contribution in [2.24, 2.45) is 10.2 Å². The van der Waals surface area contributed by atoms with Crippen LogP contribution in [0, 0.1) is 0 Å². The number of amides is 1. The van der Waals surface area contributed by atoms with Crippen LogP contribution < -0.4 is 9.64 Å². The fraction of sp³-hybridized carbons (Fsp3) is 0.207. The lowest BCUT2D eigenvalue weighted by molar-refractivity contribution is -0.360. The quantitative estimate of drug-likeness (QED) is 0.121. The van der Waals surface area contributed by atoms with Crippen LogP contribution in [-0.2, 0) is 4.79 Å². The van der Waals surface area contributed by atoms with Gasteiger partial charge in [-0.1, -0.05) is 68.1 Å². The molecular formula is C29H23F5N6O2S. The van der Waals surface area contributed by atoms with Gasteiger partial charge in [-0.2, -0.15) is 27.1 Å². The van der Waals surface area contributed by atoms with E-state index < -0.39 is 18.0 Å². The second-order valence-electron chi connectivity index (χ2n) is 9.60. The predicted octanol–water partition coefficient (Wildman–Crippen LogP) is 7.06. The molecule has 222 valence electrons. The van der Waals surface area contributed by atoms with Crippen molar-refractivity contribution in [1.82, 2.24) is 14.8 Å². The minimum absolute atomic E-state index is 0.0596. The summed E-state index contributed by atoms with van der Waals surface area (Å²) in [7, 11) is 0. The van der Waals surface area contributed by atoms with Gasteiger partial charge in [-0.25, -0.2) is 9.67 Å². The van der Waals surface area contributed by atoms with Crippen LogP contribution in [-0.4, -0.2) is 50.1 Å². The molecule has 2 heterocycles. The van der Waals surface area contributed by atoms with Crippen LogP contribution in [0.15, 0.2) is 89.3 Å². The molecule has 1 amide bonds. The van der Waals surface area contributed by atoms with Gasteiger partial charge in [0.15, 0.2) is 11.0 Å². The summed E-state index contributed by atoms with van der Waals surface area (Å²) >= 11 is 1.32. The summed E-state index contributed by atoms with van der Waals surface area (Å²) < 4.78 is 68.5. The fourth-order valence-corrected chi connectivity index (χ4v) is 4.92. The molecule has 8 nitrogen and oxygen atoms in total. The van der Waals surface area contributed by atoms with Gasteiger partial charge >= 0.3 is 12.3 Å². The smallest absolute Gasteiger partial charge is 0.426 e. The molecule has 0 radical (unpaired) electrons. The molecule has 0 bridgehead atoms. The van der Waals surface area contributed by atoms with Crippen LogP contribution in [0.2, 0.25) is 0 Å². The number of alkyl halides is 5. The zero-order valence-electron chi connectivity index (χ0n) is 22.7. The van der Waals surface area contributed by atoms with E-state index in [1.165, 1.54) is 34.9 Å². The van der Waals surface area contributed by atoms with Crippen molar-refractivity contribution >= 4 is 34.7 Å². The number of amidine groups is 1. The largest absolute Gasteiger partial charge is 0.499 e. The van der Waals surface area contributed by atoms with E-state index >= 15 is 0 Å². The van der Waals surface area contributed by atoms with Crippen molar-refractivity contribution in [1.29, 1.82) is 0 Å². The van der Waals surface area contributed by atoms with Gasteiger partial charge in [0.2, 0.25) is 5.91 Å². The lowest BCUT2D eigenvalue weighted by Crippen LogP contribution is -2.41. The molecule has 4 aromatic rings. The van der Waals surface area contributed by atoms with Crippen LogP contribution in [0.4, 0.5) is 27.6 Å². The van der Waals surface area contributed by atoms with Crippen LogP contribution in [0.3, 0.4) is 0 Å². The first-order valence-corrected chi connectivity index (χ1v) is 13.8. The number of benzene rings is 3. The number of thioether (sulfide) groups is 1. The van der Waals surface area contributed by atoms with Gasteiger partial charge in [0.25, 0.3) is 0 Å². The Morgan fingerprint density at radius 3 is 2.35 bits per heavy atom. The molecule has 1 aliphatic heterocycles. The molecule has 0 atom stereocenters. The highest BCUT2D eigenvalue weighted by atomic mass is 32.2. The molecule has 14 heteroatoms. The summed E-state index contributed by atoms with van der Waals surface area (Å²) in [6, 6.07) is 19.3. The maximum absolute atomic E-state index is 13.1. The highest BCUT2D eigenvalue weighted by Crippen LogP contribution is 2.37. The predicted molar refractivity (Wildman–Crippen MR) is 154 cm³/mol. The molecular weight excluding hydrogens is 591 g/mol. The first kappa shape index (κ1) is 29.9. The van der Waals surface area contributed by atoms with Crippen molar-refractivity contribution in [2.45, 2.75) is 32.1 Å². The van der Waals surface area contributed by atoms with Gasteiger partial charge < -0.3 is 4.74 Å². The molecule has 0 aliphatic carbocycles. The molecule has 1 saturated heterocycles. The first-order valence-electron chi connectivity index (χ1n) is 12.8. The highest BCUT2D eigenvalue weighted by molar-refractivity contribution is 8.15. The van der Waals surface area contributed by atoms with E-state index in [0.717, 1.165) is 28.9 Å². The van der Waals surface area contributed by atoms with Crippen LogP contribution in [0.25, 0.3) is 17.1 Å². The Morgan fingerprint density at radius 1 is 0.977 bits per heavy atom. The van der Waals surface area contributed by atoms with Crippen molar-refractivity contribution < 1.29 is 31.5 Å². The molecule has 1 aliphatic rings. The number of para-hydroxylation sites is 1. The Bertz CT molecular complexity index is 1670. The number of nitrogens with zero attached hydrogens (tertiary/aromatic N) is 6. The average molecular weight is 615 g/mol. The number of rotatable bonds is 8. The van der Waals surface area contributed by atoms with Crippen molar-refractivity contribution in [2.75, 3.05) is 10.7 Å². The topological polar surface area (TPSA) is 85.0 Å². The summed E-state index contributed by atoms with van der Waals surface area (Å²) in [4.78, 5) is 18.5. The molecule has 1 aromatic heterocycles. The van der Waals surface area contributed by atoms with Gasteiger partial charge in [-0.05, 0) is 47.4 Å². The molecule has 0 N–H and O–H groups in total. The monoisotopic (exact) mass is 614 g/mol. The maximum Gasteiger partial charge on any atom is 0.499 e. The third-order valence-corrected chi connectivity index (χ3v) is 7.17. The number of aromatic nitrogens is 3. The van der Waals surface area contributed by atoms with E-state index in [9.17, 15) is 26.7 Å². The number of halogens is 5. The standard InChI is InChI=1S/C29H23F5N6O2S/c1-18(2)23-5-3-4-6-24(23)40-25(41)16-43-27(40)37-36-15-19-7-9-20(10-8-19)26-35-17-39(38-26)21-11-13-22(14-12-21)42-29(33,34)28(30,31)32/h3-15,17-18H,16H2,1-2H3/b36-15+,37-27-. The molecule has 5 rings (SSSR count). The second kappa shape index (κ2) is 12.0. The Kier molecular flexibility index (Phi) is 8.31. The summed E-state index contributed by atoms with van der Waals surface area (Å²) in [5.74, 6) is 0.145. The van der Waals surface area contributed by atoms with E-state index in [4.69, 9.17) is 0 Å². The zero-order valence-corrected chi connectivity index (χ0v) is 23.5. The molecule has 1 fully saturated rings. The molecule has 43 heavy (non-hydrogen) atoms. The van der Waals surface area contributed by atoms with E-state index in [-0.39, 0.29) is 17.6 Å². The van der Waals surface area contributed by atoms with Gasteiger partial charge in [0, 0.05) is 5.56 Å². The molecule has 0 spiro atoms. The number of hydrogen-bond donors (Lipinski definition) is 0. The average Bonchev–Trinajstić information content (AvgIpc) is 3.60. The fourth-order valence-electron chi connectivity index (χ4n) is 4.11. The number of carbonyl (C=O) groups excluding carboxylic acids is 1. The van der Waals surface area contributed by atoms with Crippen molar-refractivity contribution in [3.63, 3.8) is 0 Å². The normalized spacial score (nSPS) is 15.3. The highest BCUT2D eigenvalue weighted by Gasteiger charge is 2.61. The number of anilines is 1. The minimum Gasteiger partial charge on any atom is -0.426 e. The van der Waals surface area contributed by atoms with E-state index in [0.29, 0.717) is 22.2 Å².